The highest BCUT2D eigenvalue weighted by molar-refractivity contribution is 7.85. The molecule has 1 aliphatic carbocycles. The number of rotatable bonds is 6. The van der Waals surface area contributed by atoms with Crippen LogP contribution in [-0.4, -0.2) is 44.0 Å². The van der Waals surface area contributed by atoms with Crippen LogP contribution in [0.2, 0.25) is 0 Å². The van der Waals surface area contributed by atoms with E-state index in [1.807, 2.05) is 36.7 Å². The summed E-state index contributed by atoms with van der Waals surface area (Å²) in [6.07, 6.45) is 4.24. The van der Waals surface area contributed by atoms with Crippen molar-refractivity contribution in [2.24, 2.45) is 4.99 Å². The number of aromatic nitrogens is 2. The maximum atomic E-state index is 12.2. The standard InChI is InChI=1S/C22H33N5OS/c1-5-29(28)20-13-9-10-18(14-20)25-22(23-4)24-15-21-16(2)26-27(17(21)3)19-11-7-6-8-12-19/h6-8,11-12,18,20H,5,9-10,13-15H2,1-4H3,(H2,23,24,25). The van der Waals surface area contributed by atoms with E-state index in [-0.39, 0.29) is 0 Å². The van der Waals surface area contributed by atoms with Gasteiger partial charge in [-0.3, -0.25) is 9.20 Å². The van der Waals surface area contributed by atoms with E-state index in [4.69, 9.17) is 5.10 Å². The summed E-state index contributed by atoms with van der Waals surface area (Å²) >= 11 is 0. The number of aryl methyl sites for hydroxylation is 1. The van der Waals surface area contributed by atoms with Crippen LogP contribution < -0.4 is 10.6 Å². The zero-order chi connectivity index (χ0) is 20.8. The van der Waals surface area contributed by atoms with E-state index in [1.54, 1.807) is 7.05 Å². The van der Waals surface area contributed by atoms with Crippen LogP contribution in [0.15, 0.2) is 35.3 Å². The molecular formula is C22H33N5OS. The van der Waals surface area contributed by atoms with Crippen LogP contribution in [0.3, 0.4) is 0 Å². The molecule has 1 aliphatic rings. The maximum absolute atomic E-state index is 12.2. The topological polar surface area (TPSA) is 71.3 Å². The molecule has 1 aromatic carbocycles. The van der Waals surface area contributed by atoms with Crippen LogP contribution >= 0.6 is 0 Å². The predicted molar refractivity (Wildman–Crippen MR) is 121 cm³/mol. The third-order valence-corrected chi connectivity index (χ3v) is 7.46. The number of nitrogens with one attached hydrogen (secondary N) is 2. The molecule has 0 radical (unpaired) electrons. The molecule has 1 saturated carbocycles. The normalized spacial score (nSPS) is 21.0. The Balaban J connectivity index is 1.63. The lowest BCUT2D eigenvalue weighted by Crippen LogP contribution is -2.46. The Morgan fingerprint density at radius 1 is 1.28 bits per heavy atom. The molecule has 0 bridgehead atoms. The largest absolute Gasteiger partial charge is 0.354 e. The van der Waals surface area contributed by atoms with E-state index in [1.165, 1.54) is 5.56 Å². The molecule has 2 N–H and O–H groups in total. The average molecular weight is 416 g/mol. The lowest BCUT2D eigenvalue weighted by Gasteiger charge is -2.30. The van der Waals surface area contributed by atoms with E-state index >= 15 is 0 Å². The Kier molecular flexibility index (Phi) is 7.47. The summed E-state index contributed by atoms with van der Waals surface area (Å²) in [6.45, 7) is 6.83. The maximum Gasteiger partial charge on any atom is 0.191 e. The van der Waals surface area contributed by atoms with Gasteiger partial charge in [-0.1, -0.05) is 31.5 Å². The molecule has 3 atom stereocenters. The lowest BCUT2D eigenvalue weighted by molar-refractivity contribution is 0.413. The highest BCUT2D eigenvalue weighted by atomic mass is 32.2. The summed E-state index contributed by atoms with van der Waals surface area (Å²) < 4.78 is 14.2. The lowest BCUT2D eigenvalue weighted by atomic mass is 9.95. The van der Waals surface area contributed by atoms with Crippen molar-refractivity contribution in [3.8, 4) is 5.69 Å². The SMILES string of the molecule is CCS(=O)C1CCCC(NC(=NC)NCc2c(C)nn(-c3ccccc3)c2C)C1. The van der Waals surface area contributed by atoms with Crippen LogP contribution in [0, 0.1) is 13.8 Å². The average Bonchev–Trinajstić information content (AvgIpc) is 3.04. The van der Waals surface area contributed by atoms with Crippen LogP contribution in [0.5, 0.6) is 0 Å². The molecule has 3 rings (SSSR count). The molecule has 29 heavy (non-hydrogen) atoms. The van der Waals surface area contributed by atoms with Crippen LogP contribution in [0.1, 0.15) is 49.6 Å². The third-order valence-electron chi connectivity index (χ3n) is 5.72. The number of para-hydroxylation sites is 1. The van der Waals surface area contributed by atoms with Crippen LogP contribution in [0.4, 0.5) is 0 Å². The summed E-state index contributed by atoms with van der Waals surface area (Å²) in [5.74, 6) is 1.54. The predicted octanol–water partition coefficient (Wildman–Crippen LogP) is 3.23. The van der Waals surface area contributed by atoms with Crippen LogP contribution in [-0.2, 0) is 17.3 Å². The fourth-order valence-corrected chi connectivity index (χ4v) is 5.41. The molecule has 0 spiro atoms. The summed E-state index contributed by atoms with van der Waals surface area (Å²) in [6, 6.07) is 10.5. The molecule has 7 heteroatoms. The Morgan fingerprint density at radius 3 is 2.72 bits per heavy atom. The molecule has 158 valence electrons. The van der Waals surface area contributed by atoms with Gasteiger partial charge in [-0.05, 0) is 45.2 Å². The van der Waals surface area contributed by atoms with Crippen molar-refractivity contribution >= 4 is 16.8 Å². The minimum absolute atomic E-state index is 0.304. The quantitative estimate of drug-likeness (QED) is 0.561. The second-order valence-electron chi connectivity index (χ2n) is 7.62. The smallest absolute Gasteiger partial charge is 0.191 e. The second-order valence-corrected chi connectivity index (χ2v) is 9.63. The zero-order valence-electron chi connectivity index (χ0n) is 17.9. The van der Waals surface area contributed by atoms with Crippen molar-refractivity contribution in [1.82, 2.24) is 20.4 Å². The van der Waals surface area contributed by atoms with Gasteiger partial charge in [-0.2, -0.15) is 5.10 Å². The zero-order valence-corrected chi connectivity index (χ0v) is 18.8. The minimum atomic E-state index is -0.717. The van der Waals surface area contributed by atoms with Gasteiger partial charge >= 0.3 is 0 Å². The minimum Gasteiger partial charge on any atom is -0.354 e. The molecule has 3 unspecified atom stereocenters. The van der Waals surface area contributed by atoms with Gasteiger partial charge < -0.3 is 10.6 Å². The number of nitrogens with zero attached hydrogens (tertiary/aromatic N) is 3. The summed E-state index contributed by atoms with van der Waals surface area (Å²) in [5, 5.41) is 12.0. The van der Waals surface area contributed by atoms with Gasteiger partial charge in [0.05, 0.1) is 11.4 Å². The first kappa shape index (κ1) is 21.6. The molecular weight excluding hydrogens is 382 g/mol. The van der Waals surface area contributed by atoms with Gasteiger partial charge in [0.25, 0.3) is 0 Å². The molecule has 0 saturated heterocycles. The number of hydrogen-bond donors (Lipinski definition) is 2. The van der Waals surface area contributed by atoms with Gasteiger partial charge in [-0.25, -0.2) is 4.68 Å². The van der Waals surface area contributed by atoms with E-state index < -0.39 is 10.8 Å². The first-order valence-corrected chi connectivity index (χ1v) is 11.9. The highest BCUT2D eigenvalue weighted by Crippen LogP contribution is 2.23. The number of hydrogen-bond acceptors (Lipinski definition) is 3. The Labute approximate surface area is 176 Å². The molecule has 1 aromatic heterocycles. The van der Waals surface area contributed by atoms with Crippen molar-refractivity contribution in [3.63, 3.8) is 0 Å². The van der Waals surface area contributed by atoms with Crippen molar-refractivity contribution in [2.45, 2.75) is 64.3 Å². The summed E-state index contributed by atoms with van der Waals surface area (Å²) in [4.78, 5) is 4.40. The molecule has 6 nitrogen and oxygen atoms in total. The van der Waals surface area contributed by atoms with E-state index in [0.29, 0.717) is 17.8 Å². The molecule has 2 aromatic rings. The number of aliphatic imine (C=N–C) groups is 1. The molecule has 0 amide bonds. The van der Waals surface area contributed by atoms with E-state index in [2.05, 4.69) is 34.7 Å². The first-order valence-electron chi connectivity index (χ1n) is 10.5. The van der Waals surface area contributed by atoms with Gasteiger partial charge in [0.1, 0.15) is 0 Å². The monoisotopic (exact) mass is 415 g/mol. The van der Waals surface area contributed by atoms with Crippen LogP contribution in [0.25, 0.3) is 5.69 Å². The van der Waals surface area contributed by atoms with Crippen molar-refractivity contribution in [1.29, 1.82) is 0 Å². The fraction of sp³-hybridized carbons (Fsp3) is 0.545. The van der Waals surface area contributed by atoms with Crippen molar-refractivity contribution in [2.75, 3.05) is 12.8 Å². The molecule has 1 fully saturated rings. The van der Waals surface area contributed by atoms with Gasteiger partial charge in [0.15, 0.2) is 5.96 Å². The highest BCUT2D eigenvalue weighted by Gasteiger charge is 2.26. The third kappa shape index (κ3) is 5.26. The summed E-state index contributed by atoms with van der Waals surface area (Å²) in [7, 11) is 1.08. The Hall–Kier alpha value is -2.15. The molecule has 1 heterocycles. The number of benzene rings is 1. The fourth-order valence-electron chi connectivity index (χ4n) is 4.06. The first-order chi connectivity index (χ1) is 14.0. The van der Waals surface area contributed by atoms with Crippen molar-refractivity contribution < 1.29 is 4.21 Å². The van der Waals surface area contributed by atoms with E-state index in [0.717, 1.165) is 54.5 Å². The number of guanidine groups is 1. The van der Waals surface area contributed by atoms with Gasteiger partial charge in [0.2, 0.25) is 0 Å². The van der Waals surface area contributed by atoms with Gasteiger partial charge in [-0.15, -0.1) is 0 Å². The Bertz CT molecular complexity index is 862. The van der Waals surface area contributed by atoms with Crippen molar-refractivity contribution in [3.05, 3.63) is 47.3 Å². The van der Waals surface area contributed by atoms with E-state index in [9.17, 15) is 4.21 Å². The van der Waals surface area contributed by atoms with Gasteiger partial charge in [0, 0.05) is 52.7 Å². The second kappa shape index (κ2) is 10.1. The molecule has 0 aliphatic heterocycles. The summed E-state index contributed by atoms with van der Waals surface area (Å²) in [5.41, 5.74) is 4.41. The Morgan fingerprint density at radius 2 is 2.03 bits per heavy atom.